The van der Waals surface area contributed by atoms with Crippen LogP contribution in [0.1, 0.15) is 10.4 Å². The summed E-state index contributed by atoms with van der Waals surface area (Å²) in [6, 6.07) is 4.07. The number of halogens is 1. The Labute approximate surface area is 126 Å². The van der Waals surface area contributed by atoms with Crippen LogP contribution in [-0.2, 0) is 4.74 Å². The van der Waals surface area contributed by atoms with Gasteiger partial charge in [-0.3, -0.25) is 14.9 Å². The molecule has 8 heteroatoms. The first-order chi connectivity index (χ1) is 10.1. The van der Waals surface area contributed by atoms with Crippen LogP contribution in [0.15, 0.2) is 18.2 Å². The first-order valence-corrected chi connectivity index (χ1v) is 6.89. The number of benzene rings is 1. The predicted molar refractivity (Wildman–Crippen MR) is 76.0 cm³/mol. The van der Waals surface area contributed by atoms with Crippen molar-refractivity contribution >= 4 is 23.2 Å². The van der Waals surface area contributed by atoms with E-state index in [1.54, 1.807) is 4.90 Å². The average molecular weight is 315 g/mol. The fraction of sp³-hybridized carbons (Fsp3) is 0.462. The zero-order valence-corrected chi connectivity index (χ0v) is 12.2. The van der Waals surface area contributed by atoms with Gasteiger partial charge < -0.3 is 14.4 Å². The molecule has 1 aromatic carbocycles. The number of nitro benzene ring substituents is 1. The second-order valence-corrected chi connectivity index (χ2v) is 4.85. The average Bonchev–Trinajstić information content (AvgIpc) is 2.53. The third-order valence-corrected chi connectivity index (χ3v) is 3.57. The topological polar surface area (TPSA) is 81.9 Å². The molecule has 2 rings (SSSR count). The molecule has 0 spiro atoms. The maximum absolute atomic E-state index is 12.4. The van der Waals surface area contributed by atoms with Crippen LogP contribution in [0.5, 0.6) is 5.75 Å². The molecule has 0 saturated carbocycles. The van der Waals surface area contributed by atoms with E-state index in [0.29, 0.717) is 31.1 Å². The van der Waals surface area contributed by atoms with Crippen molar-refractivity contribution in [1.29, 1.82) is 0 Å². The highest BCUT2D eigenvalue weighted by Crippen LogP contribution is 2.28. The van der Waals surface area contributed by atoms with Crippen molar-refractivity contribution in [1.82, 2.24) is 4.90 Å². The molecule has 1 fully saturated rings. The smallest absolute Gasteiger partial charge is 0.310 e. The molecule has 1 aliphatic rings. The molecular formula is C13H15ClN2O5. The normalized spacial score (nSPS) is 18.4. The molecule has 1 aromatic rings. The van der Waals surface area contributed by atoms with E-state index in [1.807, 2.05) is 0 Å². The zero-order valence-electron chi connectivity index (χ0n) is 11.5. The highest BCUT2D eigenvalue weighted by Gasteiger charge is 2.26. The third kappa shape index (κ3) is 3.43. The fourth-order valence-corrected chi connectivity index (χ4v) is 2.33. The van der Waals surface area contributed by atoms with Crippen LogP contribution in [0.3, 0.4) is 0 Å². The Morgan fingerprint density at radius 1 is 1.62 bits per heavy atom. The van der Waals surface area contributed by atoms with Crippen LogP contribution in [-0.4, -0.2) is 54.5 Å². The third-order valence-electron chi connectivity index (χ3n) is 3.22. The first kappa shape index (κ1) is 15.5. The number of carbonyl (C=O) groups excluding carboxylic acids is 1. The summed E-state index contributed by atoms with van der Waals surface area (Å²) >= 11 is 5.74. The van der Waals surface area contributed by atoms with Gasteiger partial charge in [0, 0.05) is 30.8 Å². The Kier molecular flexibility index (Phi) is 4.98. The molecule has 114 valence electrons. The predicted octanol–water partition coefficient (Wildman–Crippen LogP) is 1.68. The Morgan fingerprint density at radius 3 is 3.00 bits per heavy atom. The lowest BCUT2D eigenvalue weighted by molar-refractivity contribution is -0.385. The molecule has 1 saturated heterocycles. The van der Waals surface area contributed by atoms with E-state index in [2.05, 4.69) is 0 Å². The summed E-state index contributed by atoms with van der Waals surface area (Å²) in [4.78, 5) is 24.3. The van der Waals surface area contributed by atoms with Crippen LogP contribution in [0.2, 0.25) is 0 Å². The summed E-state index contributed by atoms with van der Waals surface area (Å²) in [5, 5.41) is 10.8. The molecular weight excluding hydrogens is 300 g/mol. The number of nitrogens with zero attached hydrogens (tertiary/aromatic N) is 2. The molecule has 0 bridgehead atoms. The minimum atomic E-state index is -0.550. The number of methoxy groups -OCH3 is 1. The SMILES string of the molecule is COc1cc(C(=O)N2CCOC(CCl)C2)ccc1[N+](=O)[O-]. The summed E-state index contributed by atoms with van der Waals surface area (Å²) in [7, 11) is 1.33. The van der Waals surface area contributed by atoms with E-state index >= 15 is 0 Å². The zero-order chi connectivity index (χ0) is 15.4. The number of hydrogen-bond donors (Lipinski definition) is 0. The van der Waals surface area contributed by atoms with Gasteiger partial charge >= 0.3 is 5.69 Å². The Hall–Kier alpha value is -1.86. The van der Waals surface area contributed by atoms with Crippen molar-refractivity contribution < 1.29 is 19.2 Å². The van der Waals surface area contributed by atoms with Crippen molar-refractivity contribution in [3.05, 3.63) is 33.9 Å². The van der Waals surface area contributed by atoms with Gasteiger partial charge in [0.05, 0.1) is 30.6 Å². The first-order valence-electron chi connectivity index (χ1n) is 6.36. The second-order valence-electron chi connectivity index (χ2n) is 4.54. The van der Waals surface area contributed by atoms with Gasteiger partial charge in [-0.05, 0) is 6.07 Å². The van der Waals surface area contributed by atoms with Gasteiger partial charge in [0.1, 0.15) is 0 Å². The Bertz CT molecular complexity index is 551. The second kappa shape index (κ2) is 6.73. The molecule has 0 radical (unpaired) electrons. The monoisotopic (exact) mass is 314 g/mol. The van der Waals surface area contributed by atoms with Gasteiger partial charge in [-0.25, -0.2) is 0 Å². The minimum Gasteiger partial charge on any atom is -0.490 e. The van der Waals surface area contributed by atoms with E-state index in [-0.39, 0.29) is 23.4 Å². The lowest BCUT2D eigenvalue weighted by Crippen LogP contribution is -2.46. The van der Waals surface area contributed by atoms with E-state index in [0.717, 1.165) is 0 Å². The molecule has 1 unspecified atom stereocenters. The van der Waals surface area contributed by atoms with E-state index in [9.17, 15) is 14.9 Å². The van der Waals surface area contributed by atoms with Gasteiger partial charge in [-0.1, -0.05) is 0 Å². The number of nitro groups is 1. The number of hydrogen-bond acceptors (Lipinski definition) is 5. The van der Waals surface area contributed by atoms with Crippen molar-refractivity contribution in [3.63, 3.8) is 0 Å². The number of morpholine rings is 1. The quantitative estimate of drug-likeness (QED) is 0.480. The number of rotatable bonds is 4. The standard InChI is InChI=1S/C13H15ClN2O5/c1-20-12-6-9(2-3-11(12)16(18)19)13(17)15-4-5-21-10(7-14)8-15/h2-3,6,10H,4-5,7-8H2,1H3. The van der Waals surface area contributed by atoms with E-state index < -0.39 is 4.92 Å². The molecule has 0 aliphatic carbocycles. The van der Waals surface area contributed by atoms with Gasteiger partial charge in [0.15, 0.2) is 5.75 Å². The molecule has 7 nitrogen and oxygen atoms in total. The van der Waals surface area contributed by atoms with Crippen LogP contribution >= 0.6 is 11.6 Å². The Morgan fingerprint density at radius 2 is 2.38 bits per heavy atom. The molecule has 1 atom stereocenters. The molecule has 1 heterocycles. The highest BCUT2D eigenvalue weighted by atomic mass is 35.5. The summed E-state index contributed by atoms with van der Waals surface area (Å²) in [6.07, 6.45) is -0.190. The van der Waals surface area contributed by atoms with Crippen LogP contribution in [0.4, 0.5) is 5.69 Å². The van der Waals surface area contributed by atoms with Gasteiger partial charge in [0.25, 0.3) is 5.91 Å². The van der Waals surface area contributed by atoms with Gasteiger partial charge in [-0.15, -0.1) is 11.6 Å². The largest absolute Gasteiger partial charge is 0.490 e. The number of ether oxygens (including phenoxy) is 2. The van der Waals surface area contributed by atoms with Crippen molar-refractivity contribution in [2.24, 2.45) is 0 Å². The Balaban J connectivity index is 2.21. The number of amides is 1. The molecule has 0 aromatic heterocycles. The van der Waals surface area contributed by atoms with Crippen molar-refractivity contribution in [3.8, 4) is 5.75 Å². The molecule has 1 amide bonds. The molecule has 0 N–H and O–H groups in total. The lowest BCUT2D eigenvalue weighted by Gasteiger charge is -2.32. The maximum atomic E-state index is 12.4. The summed E-state index contributed by atoms with van der Waals surface area (Å²) in [5.74, 6) is 0.155. The molecule has 21 heavy (non-hydrogen) atoms. The summed E-state index contributed by atoms with van der Waals surface area (Å²) < 4.78 is 10.4. The molecule has 1 aliphatic heterocycles. The van der Waals surface area contributed by atoms with Crippen LogP contribution in [0.25, 0.3) is 0 Å². The lowest BCUT2D eigenvalue weighted by atomic mass is 10.1. The van der Waals surface area contributed by atoms with Crippen molar-refractivity contribution in [2.75, 3.05) is 32.7 Å². The van der Waals surface area contributed by atoms with Gasteiger partial charge in [-0.2, -0.15) is 0 Å². The van der Waals surface area contributed by atoms with E-state index in [1.165, 1.54) is 25.3 Å². The minimum absolute atomic E-state index is 0.0630. The fourth-order valence-electron chi connectivity index (χ4n) is 2.14. The summed E-state index contributed by atoms with van der Waals surface area (Å²) in [6.45, 7) is 1.29. The highest BCUT2D eigenvalue weighted by molar-refractivity contribution is 6.18. The number of carbonyl (C=O) groups is 1. The van der Waals surface area contributed by atoms with Crippen LogP contribution < -0.4 is 4.74 Å². The summed E-state index contributed by atoms with van der Waals surface area (Å²) in [5.41, 5.74) is 0.169. The van der Waals surface area contributed by atoms with E-state index in [4.69, 9.17) is 21.1 Å². The number of alkyl halides is 1. The van der Waals surface area contributed by atoms with Gasteiger partial charge in [0.2, 0.25) is 0 Å². The maximum Gasteiger partial charge on any atom is 0.310 e. The van der Waals surface area contributed by atoms with Crippen molar-refractivity contribution in [2.45, 2.75) is 6.10 Å². The van der Waals surface area contributed by atoms with Crippen LogP contribution in [0, 0.1) is 10.1 Å².